The molecule has 1 aromatic carbocycles. The third-order valence-electron chi connectivity index (χ3n) is 5.08. The number of hydrogen-bond acceptors (Lipinski definition) is 3. The highest BCUT2D eigenvalue weighted by atomic mass is 32.2. The molecule has 1 aromatic heterocycles. The minimum absolute atomic E-state index is 0.00372. The first-order chi connectivity index (χ1) is 13.5. The minimum atomic E-state index is -4.35. The Labute approximate surface area is 169 Å². The molecule has 1 atom stereocenters. The zero-order chi connectivity index (χ0) is 21.4. The summed E-state index contributed by atoms with van der Waals surface area (Å²) in [6.45, 7) is 2.68. The third-order valence-corrected chi connectivity index (χ3v) is 6.99. The molecule has 9 heteroatoms. The second-order valence-electron chi connectivity index (χ2n) is 7.55. The van der Waals surface area contributed by atoms with Gasteiger partial charge in [0.05, 0.1) is 5.56 Å². The van der Waals surface area contributed by atoms with Gasteiger partial charge in [0.2, 0.25) is 0 Å². The molecule has 158 valence electrons. The Kier molecular flexibility index (Phi) is 6.03. The summed E-state index contributed by atoms with van der Waals surface area (Å²) >= 11 is 0. The van der Waals surface area contributed by atoms with Crippen LogP contribution in [0.4, 0.5) is 13.2 Å². The molecule has 29 heavy (non-hydrogen) atoms. The maximum Gasteiger partial charge on any atom is 0.416 e. The first-order valence-electron chi connectivity index (χ1n) is 9.28. The van der Waals surface area contributed by atoms with Crippen LogP contribution in [0.2, 0.25) is 0 Å². The van der Waals surface area contributed by atoms with Crippen molar-refractivity contribution in [2.75, 3.05) is 27.2 Å². The van der Waals surface area contributed by atoms with Crippen LogP contribution in [0, 0.1) is 6.92 Å². The topological polar surface area (TPSA) is 53.5 Å². The molecule has 0 radical (unpaired) electrons. The Morgan fingerprint density at radius 3 is 2.38 bits per heavy atom. The zero-order valence-corrected chi connectivity index (χ0v) is 17.4. The van der Waals surface area contributed by atoms with Crippen LogP contribution in [0.3, 0.4) is 0 Å². The van der Waals surface area contributed by atoms with Gasteiger partial charge in [-0.2, -0.15) is 30.2 Å². The van der Waals surface area contributed by atoms with Crippen molar-refractivity contribution in [3.8, 4) is 0 Å². The zero-order valence-electron chi connectivity index (χ0n) is 16.6. The lowest BCUT2D eigenvalue weighted by Crippen LogP contribution is -2.38. The molecular formula is C20H24F3N3O2S. The van der Waals surface area contributed by atoms with Gasteiger partial charge in [0.25, 0.3) is 10.2 Å². The summed E-state index contributed by atoms with van der Waals surface area (Å²) in [7, 11) is -0.436. The van der Waals surface area contributed by atoms with E-state index < -0.39 is 21.9 Å². The Morgan fingerprint density at radius 2 is 1.79 bits per heavy atom. The number of pyridine rings is 1. The maximum atomic E-state index is 12.7. The van der Waals surface area contributed by atoms with E-state index in [2.05, 4.69) is 4.98 Å². The summed E-state index contributed by atoms with van der Waals surface area (Å²) in [6.07, 6.45) is -3.18. The number of aromatic nitrogens is 1. The largest absolute Gasteiger partial charge is 0.416 e. The molecule has 0 bridgehead atoms. The maximum absolute atomic E-state index is 12.7. The first kappa shape index (κ1) is 21.7. The summed E-state index contributed by atoms with van der Waals surface area (Å²) in [4.78, 5) is 4.58. The van der Waals surface area contributed by atoms with Crippen molar-refractivity contribution in [1.29, 1.82) is 0 Å². The number of hydrogen-bond donors (Lipinski definition) is 0. The average Bonchev–Trinajstić information content (AvgIpc) is 3.12. The van der Waals surface area contributed by atoms with E-state index in [4.69, 9.17) is 0 Å². The molecule has 0 unspecified atom stereocenters. The van der Waals surface area contributed by atoms with E-state index >= 15 is 0 Å². The Balaban J connectivity index is 1.77. The van der Waals surface area contributed by atoms with E-state index in [1.54, 1.807) is 0 Å². The molecule has 0 aliphatic carbocycles. The lowest BCUT2D eigenvalue weighted by Gasteiger charge is -2.21. The van der Waals surface area contributed by atoms with Crippen LogP contribution in [0.25, 0.3) is 0 Å². The number of rotatable bonds is 5. The Bertz CT molecular complexity index is 973. The highest BCUT2D eigenvalue weighted by Gasteiger charge is 2.34. The number of benzene rings is 1. The molecule has 5 nitrogen and oxygen atoms in total. The predicted molar refractivity (Wildman–Crippen MR) is 105 cm³/mol. The van der Waals surface area contributed by atoms with Gasteiger partial charge in [0.15, 0.2) is 0 Å². The van der Waals surface area contributed by atoms with E-state index in [1.807, 2.05) is 19.1 Å². The quantitative estimate of drug-likeness (QED) is 0.733. The van der Waals surface area contributed by atoms with Gasteiger partial charge in [-0.3, -0.25) is 4.98 Å². The standard InChI is InChI=1S/C20H24F3N3O2S/c1-14-10-16(11-15-4-6-18(7-5-15)20(21,22)23)12-19(24-14)17-8-9-26(13-17)29(27,28)25(2)3/h4-7,10,12,17H,8-9,11,13H2,1-3H3/t17-/m1/s1. The van der Waals surface area contributed by atoms with Crippen LogP contribution in [0.1, 0.15) is 40.4 Å². The van der Waals surface area contributed by atoms with Crippen molar-refractivity contribution in [2.45, 2.75) is 31.9 Å². The van der Waals surface area contributed by atoms with Gasteiger partial charge in [0.1, 0.15) is 0 Å². The lowest BCUT2D eigenvalue weighted by atomic mass is 9.98. The fourth-order valence-electron chi connectivity index (χ4n) is 3.54. The summed E-state index contributed by atoms with van der Waals surface area (Å²) < 4.78 is 65.5. The van der Waals surface area contributed by atoms with Gasteiger partial charge in [-0.05, 0) is 55.2 Å². The van der Waals surface area contributed by atoms with Crippen LogP contribution in [-0.4, -0.2) is 49.2 Å². The Hall–Kier alpha value is -1.97. The predicted octanol–water partition coefficient (Wildman–Crippen LogP) is 3.60. The van der Waals surface area contributed by atoms with Crippen LogP contribution in [0.5, 0.6) is 0 Å². The average molecular weight is 427 g/mol. The van der Waals surface area contributed by atoms with Crippen molar-refractivity contribution in [3.63, 3.8) is 0 Å². The van der Waals surface area contributed by atoms with Gasteiger partial charge >= 0.3 is 6.18 Å². The fraction of sp³-hybridized carbons (Fsp3) is 0.450. The molecule has 1 aliphatic rings. The van der Waals surface area contributed by atoms with Crippen molar-refractivity contribution < 1.29 is 21.6 Å². The molecule has 0 saturated carbocycles. The second-order valence-corrected chi connectivity index (χ2v) is 9.69. The Morgan fingerprint density at radius 1 is 1.14 bits per heavy atom. The van der Waals surface area contributed by atoms with E-state index in [1.165, 1.54) is 34.8 Å². The van der Waals surface area contributed by atoms with E-state index in [9.17, 15) is 21.6 Å². The van der Waals surface area contributed by atoms with E-state index in [0.717, 1.165) is 34.6 Å². The highest BCUT2D eigenvalue weighted by molar-refractivity contribution is 7.86. The van der Waals surface area contributed by atoms with Crippen molar-refractivity contribution in [2.24, 2.45) is 0 Å². The summed E-state index contributed by atoms with van der Waals surface area (Å²) in [5, 5.41) is 0. The van der Waals surface area contributed by atoms with Gasteiger partial charge in [-0.15, -0.1) is 0 Å². The first-order valence-corrected chi connectivity index (χ1v) is 10.7. The molecule has 0 N–H and O–H groups in total. The number of alkyl halides is 3. The van der Waals surface area contributed by atoms with Gasteiger partial charge in [0, 0.05) is 44.5 Å². The smallest absolute Gasteiger partial charge is 0.258 e. The molecule has 1 saturated heterocycles. The molecule has 0 amide bonds. The third kappa shape index (κ3) is 4.96. The fourth-order valence-corrected chi connectivity index (χ4v) is 4.70. The van der Waals surface area contributed by atoms with Gasteiger partial charge < -0.3 is 0 Å². The molecular weight excluding hydrogens is 403 g/mol. The van der Waals surface area contributed by atoms with Crippen LogP contribution < -0.4 is 0 Å². The van der Waals surface area contributed by atoms with E-state index in [-0.39, 0.29) is 5.92 Å². The van der Waals surface area contributed by atoms with Crippen molar-refractivity contribution in [3.05, 3.63) is 64.5 Å². The van der Waals surface area contributed by atoms with E-state index in [0.29, 0.717) is 25.9 Å². The van der Waals surface area contributed by atoms with Gasteiger partial charge in [-0.25, -0.2) is 0 Å². The summed E-state index contributed by atoms with van der Waals surface area (Å²) in [6, 6.07) is 8.99. The summed E-state index contributed by atoms with van der Waals surface area (Å²) in [5.74, 6) is -0.00372. The van der Waals surface area contributed by atoms with Crippen LogP contribution in [-0.2, 0) is 22.8 Å². The monoisotopic (exact) mass is 427 g/mol. The normalized spacial score (nSPS) is 18.5. The van der Waals surface area contributed by atoms with Crippen LogP contribution in [0.15, 0.2) is 36.4 Å². The minimum Gasteiger partial charge on any atom is -0.258 e. The van der Waals surface area contributed by atoms with Crippen molar-refractivity contribution in [1.82, 2.24) is 13.6 Å². The SMILES string of the molecule is Cc1cc(Cc2ccc(C(F)(F)F)cc2)cc([C@@H]2CCN(S(=O)(=O)N(C)C)C2)n1. The second kappa shape index (κ2) is 8.04. The van der Waals surface area contributed by atoms with Gasteiger partial charge in [-0.1, -0.05) is 12.1 Å². The highest BCUT2D eigenvalue weighted by Crippen LogP contribution is 2.31. The summed E-state index contributed by atoms with van der Waals surface area (Å²) in [5.41, 5.74) is 2.68. The molecule has 2 aromatic rings. The molecule has 3 rings (SSSR count). The number of halogens is 3. The number of aryl methyl sites for hydroxylation is 1. The molecule has 1 aliphatic heterocycles. The molecule has 0 spiro atoms. The van der Waals surface area contributed by atoms with Crippen LogP contribution >= 0.6 is 0 Å². The lowest BCUT2D eigenvalue weighted by molar-refractivity contribution is -0.137. The molecule has 1 fully saturated rings. The number of nitrogens with zero attached hydrogens (tertiary/aromatic N) is 3. The molecule has 2 heterocycles. The van der Waals surface area contributed by atoms with Crippen molar-refractivity contribution >= 4 is 10.2 Å².